The normalized spacial score (nSPS) is 10.5. The molecule has 1 heterocycles. The van der Waals surface area contributed by atoms with Gasteiger partial charge in [0.1, 0.15) is 11.6 Å². The highest BCUT2D eigenvalue weighted by Gasteiger charge is 2.17. The summed E-state index contributed by atoms with van der Waals surface area (Å²) in [6.45, 7) is -0.373. The topological polar surface area (TPSA) is 73.2 Å². The van der Waals surface area contributed by atoms with E-state index in [1.165, 1.54) is 24.4 Å². The first-order valence-corrected chi connectivity index (χ1v) is 9.53. The fourth-order valence-electron chi connectivity index (χ4n) is 2.99. The Bertz CT molecular complexity index is 1220. The van der Waals surface area contributed by atoms with Crippen molar-refractivity contribution < 1.29 is 18.7 Å². The van der Waals surface area contributed by atoms with Crippen LogP contribution >= 0.6 is 0 Å². The van der Waals surface area contributed by atoms with Gasteiger partial charge in [-0.05, 0) is 36.4 Å². The number of hydrogen-bond donors (Lipinski definition) is 1. The number of ketones is 1. The number of ether oxygens (including phenoxy) is 1. The molecule has 0 saturated heterocycles. The van der Waals surface area contributed by atoms with Crippen LogP contribution in [0.15, 0.2) is 91.3 Å². The van der Waals surface area contributed by atoms with Crippen LogP contribution in [0.3, 0.4) is 0 Å². The molecule has 154 valence electrons. The molecular weight excluding hydrogens is 397 g/mol. The van der Waals surface area contributed by atoms with Crippen LogP contribution in [-0.4, -0.2) is 28.1 Å². The first-order valence-electron chi connectivity index (χ1n) is 9.53. The van der Waals surface area contributed by atoms with Gasteiger partial charge in [-0.25, -0.2) is 9.07 Å². The molecule has 4 rings (SSSR count). The Balaban J connectivity index is 1.47. The molecule has 0 radical (unpaired) electrons. The maximum absolute atomic E-state index is 13.7. The second-order valence-electron chi connectivity index (χ2n) is 6.65. The number of halogens is 1. The second kappa shape index (κ2) is 9.04. The molecule has 7 heteroatoms. The molecule has 0 fully saturated rings. The molecule has 0 spiro atoms. The van der Waals surface area contributed by atoms with Crippen molar-refractivity contribution in [3.05, 3.63) is 108 Å². The summed E-state index contributed by atoms with van der Waals surface area (Å²) in [7, 11) is 0. The first-order chi connectivity index (χ1) is 15.1. The second-order valence-corrected chi connectivity index (χ2v) is 6.65. The zero-order valence-electron chi connectivity index (χ0n) is 16.4. The lowest BCUT2D eigenvalue weighted by Crippen LogP contribution is -2.21. The lowest BCUT2D eigenvalue weighted by Gasteiger charge is -2.11. The molecular formula is C24H18FN3O3. The number of nitrogens with one attached hydrogen (secondary N) is 1. The van der Waals surface area contributed by atoms with Crippen LogP contribution in [0.5, 0.6) is 5.75 Å². The molecule has 1 N–H and O–H groups in total. The fraction of sp³-hybridized carbons (Fsp3) is 0.0417. The fourth-order valence-corrected chi connectivity index (χ4v) is 2.99. The van der Waals surface area contributed by atoms with Crippen molar-refractivity contribution in [1.82, 2.24) is 9.78 Å². The summed E-state index contributed by atoms with van der Waals surface area (Å²) in [5, 5.41) is 6.69. The number of carbonyl (C=O) groups excluding carboxylic acids is 2. The van der Waals surface area contributed by atoms with Gasteiger partial charge in [0.2, 0.25) is 0 Å². The van der Waals surface area contributed by atoms with Crippen LogP contribution < -0.4 is 10.1 Å². The molecule has 0 aliphatic heterocycles. The zero-order valence-corrected chi connectivity index (χ0v) is 16.4. The van der Waals surface area contributed by atoms with Gasteiger partial charge in [-0.15, -0.1) is 0 Å². The third kappa shape index (κ3) is 4.67. The van der Waals surface area contributed by atoms with Crippen LogP contribution in [-0.2, 0) is 4.79 Å². The van der Waals surface area contributed by atoms with E-state index in [2.05, 4.69) is 10.4 Å². The van der Waals surface area contributed by atoms with Crippen molar-refractivity contribution in [3.8, 4) is 11.4 Å². The Labute approximate surface area is 177 Å². The van der Waals surface area contributed by atoms with Crippen LogP contribution in [0.4, 0.5) is 10.1 Å². The van der Waals surface area contributed by atoms with Crippen LogP contribution in [0.2, 0.25) is 0 Å². The summed E-state index contributed by atoms with van der Waals surface area (Å²) in [6, 6.07) is 21.9. The Morgan fingerprint density at radius 3 is 2.45 bits per heavy atom. The molecule has 6 nitrogen and oxygen atoms in total. The van der Waals surface area contributed by atoms with E-state index in [4.69, 9.17) is 4.74 Å². The number of aromatic nitrogens is 2. The lowest BCUT2D eigenvalue weighted by molar-refractivity contribution is -0.118. The van der Waals surface area contributed by atoms with Crippen molar-refractivity contribution in [3.63, 3.8) is 0 Å². The van der Waals surface area contributed by atoms with E-state index in [1.54, 1.807) is 41.2 Å². The number of rotatable bonds is 7. The third-order valence-corrected chi connectivity index (χ3v) is 4.50. The van der Waals surface area contributed by atoms with E-state index < -0.39 is 11.7 Å². The van der Waals surface area contributed by atoms with Gasteiger partial charge >= 0.3 is 0 Å². The quantitative estimate of drug-likeness (QED) is 0.458. The summed E-state index contributed by atoms with van der Waals surface area (Å²) in [5.74, 6) is -1.11. The van der Waals surface area contributed by atoms with Gasteiger partial charge < -0.3 is 10.1 Å². The van der Waals surface area contributed by atoms with Crippen molar-refractivity contribution in [2.24, 2.45) is 0 Å². The standard InChI is InChI=1S/C24H18FN3O3/c25-20-11-5-6-12-21(20)27-23(29)16-31-22-13-7-4-10-19(22)24(30)17-14-26-28(15-17)18-8-2-1-3-9-18/h1-15H,16H2,(H,27,29). The minimum Gasteiger partial charge on any atom is -0.483 e. The van der Waals surface area contributed by atoms with E-state index in [1.807, 2.05) is 30.3 Å². The SMILES string of the molecule is O=C(COc1ccccc1C(=O)c1cnn(-c2ccccc2)c1)Nc1ccccc1F. The van der Waals surface area contributed by atoms with Gasteiger partial charge in [-0.2, -0.15) is 5.10 Å². The summed E-state index contributed by atoms with van der Waals surface area (Å²) in [4.78, 5) is 25.2. The number of carbonyl (C=O) groups is 2. The first kappa shape index (κ1) is 20.0. The molecule has 0 unspecified atom stereocenters. The summed E-state index contributed by atoms with van der Waals surface area (Å²) in [5.41, 5.74) is 1.58. The van der Waals surface area contributed by atoms with Gasteiger partial charge in [0.15, 0.2) is 12.4 Å². The van der Waals surface area contributed by atoms with Crippen LogP contribution in [0.25, 0.3) is 5.69 Å². The Morgan fingerprint density at radius 2 is 1.65 bits per heavy atom. The number of benzene rings is 3. The minimum absolute atomic E-state index is 0.0637. The number of anilines is 1. The average Bonchev–Trinajstić information content (AvgIpc) is 3.30. The predicted octanol–water partition coefficient (Wildman–Crippen LogP) is 4.26. The molecule has 4 aromatic rings. The predicted molar refractivity (Wildman–Crippen MR) is 114 cm³/mol. The number of amides is 1. The number of nitrogens with zero attached hydrogens (tertiary/aromatic N) is 2. The molecule has 0 aliphatic carbocycles. The van der Waals surface area contributed by atoms with E-state index in [0.717, 1.165) is 5.69 Å². The largest absolute Gasteiger partial charge is 0.483 e. The molecule has 0 aliphatic rings. The van der Waals surface area contributed by atoms with Crippen LogP contribution in [0.1, 0.15) is 15.9 Å². The Morgan fingerprint density at radius 1 is 0.935 bits per heavy atom. The molecule has 0 saturated carbocycles. The molecule has 0 bridgehead atoms. The molecule has 1 aromatic heterocycles. The molecule has 31 heavy (non-hydrogen) atoms. The van der Waals surface area contributed by atoms with Gasteiger partial charge in [-0.1, -0.05) is 42.5 Å². The highest BCUT2D eigenvalue weighted by Crippen LogP contribution is 2.22. The molecule has 1 amide bonds. The third-order valence-electron chi connectivity index (χ3n) is 4.50. The highest BCUT2D eigenvalue weighted by atomic mass is 19.1. The summed E-state index contributed by atoms with van der Waals surface area (Å²) >= 11 is 0. The monoisotopic (exact) mass is 415 g/mol. The highest BCUT2D eigenvalue weighted by molar-refractivity contribution is 6.10. The number of para-hydroxylation sites is 3. The summed E-state index contributed by atoms with van der Waals surface area (Å²) < 4.78 is 20.9. The van der Waals surface area contributed by atoms with Gasteiger partial charge in [0, 0.05) is 6.20 Å². The van der Waals surface area contributed by atoms with Crippen molar-refractivity contribution in [2.75, 3.05) is 11.9 Å². The van der Waals surface area contributed by atoms with Gasteiger partial charge in [0.25, 0.3) is 5.91 Å². The van der Waals surface area contributed by atoms with E-state index in [-0.39, 0.29) is 23.8 Å². The maximum atomic E-state index is 13.7. The van der Waals surface area contributed by atoms with Crippen molar-refractivity contribution >= 4 is 17.4 Å². The molecule has 3 aromatic carbocycles. The van der Waals surface area contributed by atoms with Crippen molar-refractivity contribution in [2.45, 2.75) is 0 Å². The Hall–Kier alpha value is -4.26. The van der Waals surface area contributed by atoms with E-state index in [0.29, 0.717) is 11.1 Å². The van der Waals surface area contributed by atoms with Crippen LogP contribution in [0, 0.1) is 5.82 Å². The lowest BCUT2D eigenvalue weighted by atomic mass is 10.1. The average molecular weight is 415 g/mol. The Kier molecular flexibility index (Phi) is 5.84. The smallest absolute Gasteiger partial charge is 0.262 e. The van der Waals surface area contributed by atoms with Gasteiger partial charge in [0.05, 0.1) is 28.7 Å². The van der Waals surface area contributed by atoms with Crippen molar-refractivity contribution in [1.29, 1.82) is 0 Å². The summed E-state index contributed by atoms with van der Waals surface area (Å²) in [6.07, 6.45) is 3.12. The zero-order chi connectivity index (χ0) is 21.6. The van der Waals surface area contributed by atoms with Gasteiger partial charge in [-0.3, -0.25) is 9.59 Å². The maximum Gasteiger partial charge on any atom is 0.262 e. The van der Waals surface area contributed by atoms with E-state index >= 15 is 0 Å². The molecule has 0 atom stereocenters. The number of hydrogen-bond acceptors (Lipinski definition) is 4. The van der Waals surface area contributed by atoms with E-state index in [9.17, 15) is 14.0 Å². The minimum atomic E-state index is -0.540.